The van der Waals surface area contributed by atoms with E-state index in [4.69, 9.17) is 14.8 Å². The maximum atomic E-state index is 11.3. The highest BCUT2D eigenvalue weighted by Crippen LogP contribution is 2.34. The molecule has 0 spiro atoms. The predicted molar refractivity (Wildman–Crippen MR) is 67.3 cm³/mol. The van der Waals surface area contributed by atoms with Crippen molar-refractivity contribution in [2.75, 3.05) is 5.73 Å². The highest BCUT2D eigenvalue weighted by atomic mass is 32.2. The Balaban J connectivity index is 3.08. The topological polar surface area (TPSA) is 155 Å². The van der Waals surface area contributed by atoms with Crippen molar-refractivity contribution in [1.29, 1.82) is 0 Å². The predicted octanol–water partition coefficient (Wildman–Crippen LogP) is 0.221. The molecule has 2 aromatic rings. The molecule has 0 aromatic heterocycles. The maximum absolute atomic E-state index is 11.3. The molecule has 0 atom stereocenters. The largest absolute Gasteiger partial charge is 0.507 e. The summed E-state index contributed by atoms with van der Waals surface area (Å²) in [5, 5.41) is 9.09. The lowest BCUT2D eigenvalue weighted by Gasteiger charge is -2.09. The monoisotopic (exact) mass is 317 g/mol. The molecule has 2 aromatic carbocycles. The zero-order chi connectivity index (χ0) is 15.3. The molecule has 2 rings (SSSR count). The summed E-state index contributed by atoms with van der Waals surface area (Å²) in [6.45, 7) is 0. The Hall–Kier alpha value is -1.88. The second-order valence-corrected chi connectivity index (χ2v) is 6.54. The Morgan fingerprint density at radius 2 is 1.65 bits per heavy atom. The van der Waals surface area contributed by atoms with Gasteiger partial charge in [-0.1, -0.05) is 0 Å². The average molecular weight is 317 g/mol. The molecule has 0 aliphatic carbocycles. The number of hydrogen-bond donors (Lipinski definition) is 4. The summed E-state index contributed by atoms with van der Waals surface area (Å²) < 4.78 is 62.7. The second-order valence-electron chi connectivity index (χ2n) is 3.79. The summed E-state index contributed by atoms with van der Waals surface area (Å²) in [5.74, 6) is -0.740. The van der Waals surface area contributed by atoms with Gasteiger partial charge in [0.2, 0.25) is 0 Å². The van der Waals surface area contributed by atoms with Gasteiger partial charge >= 0.3 is 0 Å². The zero-order valence-electron chi connectivity index (χ0n) is 9.52. The lowest BCUT2D eigenvalue weighted by Crippen LogP contribution is -2.05. The fourth-order valence-electron chi connectivity index (χ4n) is 1.67. The van der Waals surface area contributed by atoms with Crippen LogP contribution in [0.25, 0.3) is 10.8 Å². The highest BCUT2D eigenvalue weighted by Gasteiger charge is 2.22. The van der Waals surface area contributed by atoms with E-state index in [2.05, 4.69) is 6.07 Å². The molecule has 0 saturated heterocycles. The molecular formula is C10H7NO7S2. The first kappa shape index (κ1) is 14.5. The van der Waals surface area contributed by atoms with Crippen molar-refractivity contribution in [1.82, 2.24) is 0 Å². The van der Waals surface area contributed by atoms with E-state index < -0.39 is 41.5 Å². The summed E-state index contributed by atoms with van der Waals surface area (Å²) in [7, 11) is -9.53. The van der Waals surface area contributed by atoms with Crippen LogP contribution in [0.1, 0.15) is 0 Å². The molecule has 10 heteroatoms. The van der Waals surface area contributed by atoms with Crippen molar-refractivity contribution in [3.8, 4) is 5.75 Å². The molecule has 20 heavy (non-hydrogen) atoms. The Morgan fingerprint density at radius 3 is 2.15 bits per heavy atom. The number of fused-ring (bicyclic) bond motifs is 1. The molecule has 106 valence electrons. The van der Waals surface area contributed by atoms with Gasteiger partial charge in [0, 0.05) is 16.8 Å². The molecule has 0 fully saturated rings. The van der Waals surface area contributed by atoms with E-state index in [0.717, 1.165) is 12.1 Å². The lowest BCUT2D eigenvalue weighted by molar-refractivity contribution is 0.469. The van der Waals surface area contributed by atoms with Crippen molar-refractivity contribution in [2.45, 2.75) is 9.79 Å². The van der Waals surface area contributed by atoms with E-state index in [9.17, 15) is 21.9 Å². The Bertz CT molecular complexity index is 916. The van der Waals surface area contributed by atoms with Crippen molar-refractivity contribution in [2.24, 2.45) is 0 Å². The Kier molecular flexibility index (Phi) is 3.13. The molecule has 0 heterocycles. The summed E-state index contributed by atoms with van der Waals surface area (Å²) in [6.07, 6.45) is 0. The van der Waals surface area contributed by atoms with Gasteiger partial charge in [0.25, 0.3) is 20.2 Å². The number of aromatic hydroxyl groups is 1. The van der Waals surface area contributed by atoms with E-state index in [0.29, 0.717) is 0 Å². The van der Waals surface area contributed by atoms with Gasteiger partial charge < -0.3 is 10.8 Å². The molecule has 0 amide bonds. The van der Waals surface area contributed by atoms with Crippen LogP contribution in [-0.4, -0.2) is 31.0 Å². The van der Waals surface area contributed by atoms with Gasteiger partial charge in [-0.2, -0.15) is 16.8 Å². The average Bonchev–Trinajstić information content (AvgIpc) is 2.24. The zero-order valence-corrected chi connectivity index (χ0v) is 11.2. The first-order chi connectivity index (χ1) is 9.01. The SMILES string of the molecule is Nc1[c]cc2c(O)[c]c(S(=O)(=O)O)cc2c1S(=O)(=O)O. The van der Waals surface area contributed by atoms with E-state index in [1.807, 2.05) is 6.07 Å². The molecule has 2 radical (unpaired) electrons. The number of phenols is 1. The summed E-state index contributed by atoms with van der Waals surface area (Å²) >= 11 is 0. The first-order valence-corrected chi connectivity index (χ1v) is 7.74. The van der Waals surface area contributed by atoms with Crippen LogP contribution < -0.4 is 5.73 Å². The van der Waals surface area contributed by atoms with Crippen LogP contribution in [0.3, 0.4) is 0 Å². The molecule has 0 aliphatic heterocycles. The smallest absolute Gasteiger partial charge is 0.297 e. The normalized spacial score (nSPS) is 12.7. The third-order valence-electron chi connectivity index (χ3n) is 2.46. The number of hydrogen-bond acceptors (Lipinski definition) is 6. The van der Waals surface area contributed by atoms with Gasteiger partial charge in [0.05, 0.1) is 11.8 Å². The van der Waals surface area contributed by atoms with E-state index in [1.165, 1.54) is 0 Å². The molecule has 0 aliphatic rings. The fraction of sp³-hybridized carbons (Fsp3) is 0. The Morgan fingerprint density at radius 1 is 1.05 bits per heavy atom. The van der Waals surface area contributed by atoms with Crippen molar-refractivity contribution >= 4 is 36.7 Å². The van der Waals surface area contributed by atoms with Gasteiger partial charge in [-0.25, -0.2) is 0 Å². The van der Waals surface area contributed by atoms with Gasteiger partial charge in [-0.3, -0.25) is 9.11 Å². The highest BCUT2D eigenvalue weighted by molar-refractivity contribution is 7.86. The van der Waals surface area contributed by atoms with Crippen molar-refractivity contribution < 1.29 is 31.0 Å². The van der Waals surface area contributed by atoms with Crippen LogP contribution in [0.5, 0.6) is 5.75 Å². The quantitative estimate of drug-likeness (QED) is 0.453. The molecule has 0 saturated carbocycles. The van der Waals surface area contributed by atoms with Crippen LogP contribution in [0, 0.1) is 12.1 Å². The number of rotatable bonds is 2. The van der Waals surface area contributed by atoms with Crippen LogP contribution in [0.15, 0.2) is 21.9 Å². The van der Waals surface area contributed by atoms with Crippen molar-refractivity contribution in [3.05, 3.63) is 24.3 Å². The van der Waals surface area contributed by atoms with Crippen LogP contribution in [0.4, 0.5) is 5.69 Å². The number of anilines is 1. The Labute approximate surface area is 114 Å². The van der Waals surface area contributed by atoms with Gasteiger partial charge in [0.15, 0.2) is 0 Å². The molecule has 8 nitrogen and oxygen atoms in total. The minimum absolute atomic E-state index is 0.153. The molecular weight excluding hydrogens is 310 g/mol. The van der Waals surface area contributed by atoms with Crippen molar-refractivity contribution in [3.63, 3.8) is 0 Å². The van der Waals surface area contributed by atoms with Gasteiger partial charge in [-0.05, 0) is 12.1 Å². The number of nitrogens with two attached hydrogens (primary N) is 1. The standard InChI is InChI=1S/C10H7NO7S2/c11-8-2-1-6-7(10(8)20(16,17)18)3-5(4-9(6)12)19(13,14)15/h1,3,12H,11H2,(H,13,14,15)(H,16,17,18). The number of phenolic OH excluding ortho intramolecular Hbond substituents is 1. The van der Waals surface area contributed by atoms with Crippen LogP contribution in [0.2, 0.25) is 0 Å². The van der Waals surface area contributed by atoms with E-state index >= 15 is 0 Å². The third kappa shape index (κ3) is 2.41. The fourth-order valence-corrected chi connectivity index (χ4v) is 2.94. The summed E-state index contributed by atoms with van der Waals surface area (Å²) in [4.78, 5) is -1.68. The minimum Gasteiger partial charge on any atom is -0.507 e. The second kappa shape index (κ2) is 4.31. The lowest BCUT2D eigenvalue weighted by atomic mass is 10.1. The minimum atomic E-state index is -4.80. The molecule has 0 bridgehead atoms. The van der Waals surface area contributed by atoms with Crippen LogP contribution in [-0.2, 0) is 20.2 Å². The first-order valence-electron chi connectivity index (χ1n) is 4.86. The van der Waals surface area contributed by atoms with Crippen LogP contribution >= 0.6 is 0 Å². The number of benzene rings is 2. The van der Waals surface area contributed by atoms with Gasteiger partial charge in [-0.15, -0.1) is 0 Å². The summed E-state index contributed by atoms with van der Waals surface area (Å²) in [6, 6.07) is 6.08. The number of nitrogen functional groups attached to an aromatic ring is 1. The third-order valence-corrected chi connectivity index (χ3v) is 4.19. The van der Waals surface area contributed by atoms with E-state index in [-0.39, 0.29) is 10.8 Å². The summed E-state index contributed by atoms with van der Waals surface area (Å²) in [5.41, 5.74) is 4.92. The van der Waals surface area contributed by atoms with E-state index in [1.54, 1.807) is 0 Å². The van der Waals surface area contributed by atoms with Gasteiger partial charge in [0.1, 0.15) is 15.5 Å². The molecule has 0 unspecified atom stereocenters. The molecule has 5 N–H and O–H groups in total. The maximum Gasteiger partial charge on any atom is 0.297 e.